The molecule has 0 bridgehead atoms. The molecule has 7 heteroatoms. The Morgan fingerprint density at radius 1 is 1.46 bits per heavy atom. The molecule has 0 aromatic rings. The van der Waals surface area contributed by atoms with Crippen molar-refractivity contribution in [1.82, 2.24) is 4.72 Å². The van der Waals surface area contributed by atoms with Crippen molar-refractivity contribution in [2.45, 2.75) is 6.10 Å². The largest absolute Gasteiger partial charge is 0.382 e. The van der Waals surface area contributed by atoms with E-state index in [4.69, 9.17) is 9.47 Å². The molecule has 0 fully saturated rings. The van der Waals surface area contributed by atoms with Gasteiger partial charge in [0, 0.05) is 20.8 Å². The van der Waals surface area contributed by atoms with Crippen molar-refractivity contribution in [3.63, 3.8) is 0 Å². The van der Waals surface area contributed by atoms with E-state index in [2.05, 4.69) is 20.7 Å². The van der Waals surface area contributed by atoms with E-state index in [9.17, 15) is 8.42 Å². The smallest absolute Gasteiger partial charge is 0.221 e. The van der Waals surface area contributed by atoms with Crippen LogP contribution < -0.4 is 4.72 Å². The molecule has 0 saturated heterocycles. The zero-order valence-electron chi connectivity index (χ0n) is 7.62. The van der Waals surface area contributed by atoms with Crippen molar-refractivity contribution in [2.75, 3.05) is 32.0 Å². The topological polar surface area (TPSA) is 64.6 Å². The third-order valence-electron chi connectivity index (χ3n) is 1.36. The molecule has 1 N–H and O–H groups in total. The first-order chi connectivity index (χ1) is 6.05. The summed E-state index contributed by atoms with van der Waals surface area (Å²) < 4.78 is 34.0. The van der Waals surface area contributed by atoms with E-state index in [-0.39, 0.29) is 17.3 Å². The molecule has 0 saturated carbocycles. The van der Waals surface area contributed by atoms with Gasteiger partial charge in [0.2, 0.25) is 10.0 Å². The maximum atomic E-state index is 11.0. The van der Waals surface area contributed by atoms with Crippen LogP contribution in [-0.2, 0) is 19.5 Å². The summed E-state index contributed by atoms with van der Waals surface area (Å²) in [6.07, 6.45) is -0.251. The average molecular weight is 276 g/mol. The number of hydrogen-bond donors (Lipinski definition) is 1. The molecule has 0 rings (SSSR count). The first-order valence-electron chi connectivity index (χ1n) is 3.60. The number of sulfonamides is 1. The van der Waals surface area contributed by atoms with Gasteiger partial charge in [0.15, 0.2) is 0 Å². The molecular weight excluding hydrogens is 262 g/mol. The van der Waals surface area contributed by atoms with Gasteiger partial charge in [0.1, 0.15) is 4.66 Å². The molecule has 5 nitrogen and oxygen atoms in total. The van der Waals surface area contributed by atoms with E-state index in [1.807, 2.05) is 0 Å². The number of methoxy groups -OCH3 is 2. The summed E-state index contributed by atoms with van der Waals surface area (Å²) in [5.41, 5.74) is 0. The number of ether oxygens (including phenoxy) is 2. The van der Waals surface area contributed by atoms with Gasteiger partial charge in [-0.05, 0) is 0 Å². The van der Waals surface area contributed by atoms with Gasteiger partial charge in [-0.2, -0.15) is 0 Å². The van der Waals surface area contributed by atoms with Crippen LogP contribution in [0.2, 0.25) is 0 Å². The molecule has 0 aliphatic heterocycles. The molecule has 0 aromatic heterocycles. The highest BCUT2D eigenvalue weighted by Crippen LogP contribution is 1.94. The molecule has 0 aliphatic rings. The Balaban J connectivity index is 3.84. The van der Waals surface area contributed by atoms with Gasteiger partial charge in [0.05, 0.1) is 12.7 Å². The summed E-state index contributed by atoms with van der Waals surface area (Å²) in [5, 5.41) is 0. The number of nitrogens with one attached hydrogen (secondary N) is 1. The average Bonchev–Trinajstić information content (AvgIpc) is 2.12. The maximum Gasteiger partial charge on any atom is 0.221 e. The SMILES string of the molecule is COCC(CNS(=O)(=O)CBr)OC. The third kappa shape index (κ3) is 6.39. The summed E-state index contributed by atoms with van der Waals surface area (Å²) >= 11 is 2.86. The summed E-state index contributed by atoms with van der Waals surface area (Å²) in [4.78, 5) is 0. The van der Waals surface area contributed by atoms with E-state index >= 15 is 0 Å². The molecule has 80 valence electrons. The summed E-state index contributed by atoms with van der Waals surface area (Å²) in [5.74, 6) is 0. The Bertz CT molecular complexity index is 219. The number of hydrogen-bond acceptors (Lipinski definition) is 4. The van der Waals surface area contributed by atoms with Crippen molar-refractivity contribution in [3.05, 3.63) is 0 Å². The summed E-state index contributed by atoms with van der Waals surface area (Å²) in [7, 11) is -0.173. The lowest BCUT2D eigenvalue weighted by molar-refractivity contribution is 0.0320. The van der Waals surface area contributed by atoms with Crippen molar-refractivity contribution in [3.8, 4) is 0 Å². The maximum absolute atomic E-state index is 11.0. The second kappa shape index (κ2) is 6.72. The molecule has 0 amide bonds. The van der Waals surface area contributed by atoms with Crippen LogP contribution in [0.1, 0.15) is 0 Å². The monoisotopic (exact) mass is 275 g/mol. The van der Waals surface area contributed by atoms with E-state index in [0.29, 0.717) is 6.61 Å². The quantitative estimate of drug-likeness (QED) is 0.661. The fraction of sp³-hybridized carbons (Fsp3) is 1.00. The normalized spacial score (nSPS) is 14.4. The minimum absolute atomic E-state index is 0.108. The zero-order chi connectivity index (χ0) is 10.3. The van der Waals surface area contributed by atoms with Crippen molar-refractivity contribution in [2.24, 2.45) is 0 Å². The van der Waals surface area contributed by atoms with E-state index in [0.717, 1.165) is 0 Å². The molecule has 0 aliphatic carbocycles. The molecule has 1 atom stereocenters. The Labute approximate surface area is 87.0 Å². The second-order valence-corrected chi connectivity index (χ2v) is 5.50. The summed E-state index contributed by atoms with van der Waals surface area (Å²) in [6.45, 7) is 0.583. The molecule has 0 radical (unpaired) electrons. The lowest BCUT2D eigenvalue weighted by Gasteiger charge is -2.14. The number of rotatable bonds is 7. The van der Waals surface area contributed by atoms with Gasteiger partial charge in [-0.1, -0.05) is 15.9 Å². The van der Waals surface area contributed by atoms with Crippen LogP contribution in [0, 0.1) is 0 Å². The van der Waals surface area contributed by atoms with Crippen LogP contribution in [-0.4, -0.2) is 46.6 Å². The molecule has 0 aromatic carbocycles. The predicted molar refractivity (Wildman–Crippen MR) is 53.4 cm³/mol. The lowest BCUT2D eigenvalue weighted by Crippen LogP contribution is -2.35. The van der Waals surface area contributed by atoms with Gasteiger partial charge >= 0.3 is 0 Å². The Hall–Kier alpha value is 0.310. The van der Waals surface area contributed by atoms with Gasteiger partial charge in [-0.15, -0.1) is 0 Å². The van der Waals surface area contributed by atoms with Gasteiger partial charge in [-0.25, -0.2) is 13.1 Å². The van der Waals surface area contributed by atoms with E-state index in [1.165, 1.54) is 14.2 Å². The molecule has 1 unspecified atom stereocenters. The van der Waals surface area contributed by atoms with Crippen LogP contribution in [0.5, 0.6) is 0 Å². The van der Waals surface area contributed by atoms with Crippen molar-refractivity contribution >= 4 is 26.0 Å². The van der Waals surface area contributed by atoms with E-state index in [1.54, 1.807) is 0 Å². The van der Waals surface area contributed by atoms with Gasteiger partial charge in [-0.3, -0.25) is 0 Å². The van der Waals surface area contributed by atoms with E-state index < -0.39 is 10.0 Å². The Kier molecular flexibility index (Phi) is 6.88. The summed E-state index contributed by atoms with van der Waals surface area (Å²) in [6, 6.07) is 0. The van der Waals surface area contributed by atoms with Gasteiger partial charge in [0.25, 0.3) is 0 Å². The second-order valence-electron chi connectivity index (χ2n) is 2.39. The minimum Gasteiger partial charge on any atom is -0.382 e. The first-order valence-corrected chi connectivity index (χ1v) is 6.38. The molecule has 13 heavy (non-hydrogen) atoms. The van der Waals surface area contributed by atoms with Crippen molar-refractivity contribution < 1.29 is 17.9 Å². The minimum atomic E-state index is -3.21. The zero-order valence-corrected chi connectivity index (χ0v) is 10.0. The van der Waals surface area contributed by atoms with Crippen LogP contribution in [0.25, 0.3) is 0 Å². The Morgan fingerprint density at radius 2 is 2.08 bits per heavy atom. The van der Waals surface area contributed by atoms with Crippen LogP contribution >= 0.6 is 15.9 Å². The molecule has 0 spiro atoms. The van der Waals surface area contributed by atoms with Crippen molar-refractivity contribution in [1.29, 1.82) is 0 Å². The predicted octanol–water partition coefficient (Wildman–Crippen LogP) is -0.0804. The van der Waals surface area contributed by atoms with Crippen LogP contribution in [0.15, 0.2) is 0 Å². The fourth-order valence-electron chi connectivity index (χ4n) is 0.655. The number of alkyl halides is 1. The van der Waals surface area contributed by atoms with Crippen LogP contribution in [0.4, 0.5) is 0 Å². The Morgan fingerprint density at radius 3 is 2.46 bits per heavy atom. The fourth-order valence-corrected chi connectivity index (χ4v) is 1.66. The van der Waals surface area contributed by atoms with Crippen LogP contribution in [0.3, 0.4) is 0 Å². The lowest BCUT2D eigenvalue weighted by atomic mass is 10.4. The molecule has 0 heterocycles. The standard InChI is InChI=1S/C6H14BrNO4S/c1-11-4-6(12-2)3-8-13(9,10)5-7/h6,8H,3-5H2,1-2H3. The van der Waals surface area contributed by atoms with Gasteiger partial charge < -0.3 is 9.47 Å². The molecular formula is C6H14BrNO4S. The number of halogens is 1. The first kappa shape index (κ1) is 13.3. The highest BCUT2D eigenvalue weighted by Gasteiger charge is 2.12. The third-order valence-corrected chi connectivity index (χ3v) is 4.06. The highest BCUT2D eigenvalue weighted by atomic mass is 79.9. The highest BCUT2D eigenvalue weighted by molar-refractivity contribution is 9.10.